The summed E-state index contributed by atoms with van der Waals surface area (Å²) in [7, 11) is 1.76. The number of carbonyl (C=O) groups is 2. The molecule has 0 heterocycles. The van der Waals surface area contributed by atoms with Crippen LogP contribution in [-0.4, -0.2) is 41.6 Å². The normalized spacial score (nSPS) is 20.9. The third-order valence-electron chi connectivity index (χ3n) is 3.74. The maximum Gasteiger partial charge on any atom is 0.317 e. The molecule has 0 aromatic heterocycles. The van der Waals surface area contributed by atoms with E-state index in [1.54, 1.807) is 11.9 Å². The van der Waals surface area contributed by atoms with Crippen LogP contribution in [0, 0.1) is 5.92 Å². The predicted octanol–water partition coefficient (Wildman–Crippen LogP) is 1.73. The van der Waals surface area contributed by atoms with Gasteiger partial charge in [0, 0.05) is 19.6 Å². The molecule has 2 amide bonds. The van der Waals surface area contributed by atoms with Gasteiger partial charge in [0.2, 0.25) is 0 Å². The van der Waals surface area contributed by atoms with Gasteiger partial charge in [-0.1, -0.05) is 30.3 Å². The van der Waals surface area contributed by atoms with Gasteiger partial charge in [-0.2, -0.15) is 0 Å². The fraction of sp³-hybridized carbons (Fsp3) is 0.467. The van der Waals surface area contributed by atoms with Crippen molar-refractivity contribution in [3.8, 4) is 0 Å². The fourth-order valence-corrected chi connectivity index (χ4v) is 2.27. The SMILES string of the molecule is CN(CCc1ccccc1)C(=O)NC1CC(C(=O)O)C1. The van der Waals surface area contributed by atoms with Gasteiger partial charge in [0.25, 0.3) is 0 Å². The summed E-state index contributed by atoms with van der Waals surface area (Å²) in [6.07, 6.45) is 1.88. The molecular formula is C15H20N2O3. The van der Waals surface area contributed by atoms with Crippen LogP contribution in [0.4, 0.5) is 4.79 Å². The molecule has 0 aliphatic heterocycles. The van der Waals surface area contributed by atoms with E-state index < -0.39 is 5.97 Å². The number of likely N-dealkylation sites (N-methyl/N-ethyl adjacent to an activating group) is 1. The minimum absolute atomic E-state index is 0.00257. The number of hydrogen-bond donors (Lipinski definition) is 2. The van der Waals surface area contributed by atoms with E-state index in [1.165, 1.54) is 5.56 Å². The Labute approximate surface area is 118 Å². The van der Waals surface area contributed by atoms with E-state index in [9.17, 15) is 9.59 Å². The number of carboxylic acid groups (broad SMARTS) is 1. The van der Waals surface area contributed by atoms with Crippen molar-refractivity contribution in [2.75, 3.05) is 13.6 Å². The van der Waals surface area contributed by atoms with Crippen molar-refractivity contribution in [2.24, 2.45) is 5.92 Å². The van der Waals surface area contributed by atoms with Gasteiger partial charge in [0.05, 0.1) is 5.92 Å². The molecular weight excluding hydrogens is 256 g/mol. The average Bonchev–Trinajstić information content (AvgIpc) is 2.40. The lowest BCUT2D eigenvalue weighted by Gasteiger charge is -2.34. The Balaban J connectivity index is 1.69. The first kappa shape index (κ1) is 14.4. The van der Waals surface area contributed by atoms with Crippen molar-refractivity contribution in [1.82, 2.24) is 10.2 Å². The van der Waals surface area contributed by atoms with E-state index in [0.717, 1.165) is 6.42 Å². The van der Waals surface area contributed by atoms with E-state index in [-0.39, 0.29) is 18.0 Å². The number of benzene rings is 1. The van der Waals surface area contributed by atoms with Gasteiger partial charge < -0.3 is 15.3 Å². The summed E-state index contributed by atoms with van der Waals surface area (Å²) in [4.78, 5) is 24.2. The molecule has 2 rings (SSSR count). The molecule has 1 saturated carbocycles. The van der Waals surface area contributed by atoms with Crippen LogP contribution in [0.1, 0.15) is 18.4 Å². The van der Waals surface area contributed by atoms with Gasteiger partial charge in [-0.05, 0) is 24.8 Å². The van der Waals surface area contributed by atoms with Crippen LogP contribution >= 0.6 is 0 Å². The van der Waals surface area contributed by atoms with Crippen LogP contribution in [-0.2, 0) is 11.2 Å². The van der Waals surface area contributed by atoms with Gasteiger partial charge in [-0.25, -0.2) is 4.79 Å². The monoisotopic (exact) mass is 276 g/mol. The predicted molar refractivity (Wildman–Crippen MR) is 75.5 cm³/mol. The van der Waals surface area contributed by atoms with E-state index in [2.05, 4.69) is 5.32 Å². The van der Waals surface area contributed by atoms with Crippen molar-refractivity contribution >= 4 is 12.0 Å². The third-order valence-corrected chi connectivity index (χ3v) is 3.74. The molecule has 0 unspecified atom stereocenters. The Morgan fingerprint density at radius 3 is 2.55 bits per heavy atom. The molecule has 5 nitrogen and oxygen atoms in total. The Hall–Kier alpha value is -2.04. The first-order valence-electron chi connectivity index (χ1n) is 6.84. The average molecular weight is 276 g/mol. The summed E-state index contributed by atoms with van der Waals surface area (Å²) in [5.74, 6) is -1.07. The third kappa shape index (κ3) is 3.73. The fourth-order valence-electron chi connectivity index (χ4n) is 2.27. The highest BCUT2D eigenvalue weighted by atomic mass is 16.4. The molecule has 0 spiro atoms. The Morgan fingerprint density at radius 2 is 1.95 bits per heavy atom. The summed E-state index contributed by atoms with van der Waals surface area (Å²) in [6.45, 7) is 0.644. The number of amides is 2. The Morgan fingerprint density at radius 1 is 1.30 bits per heavy atom. The lowest BCUT2D eigenvalue weighted by molar-refractivity contribution is -0.145. The van der Waals surface area contributed by atoms with Crippen LogP contribution < -0.4 is 5.32 Å². The summed E-state index contributed by atoms with van der Waals surface area (Å²) in [5.41, 5.74) is 1.20. The number of aliphatic carboxylic acids is 1. The first-order chi connectivity index (χ1) is 9.56. The minimum Gasteiger partial charge on any atom is -0.481 e. The van der Waals surface area contributed by atoms with E-state index >= 15 is 0 Å². The molecule has 5 heteroatoms. The van der Waals surface area contributed by atoms with Gasteiger partial charge in [-0.15, -0.1) is 0 Å². The standard InChI is InChI=1S/C15H20N2O3/c1-17(8-7-11-5-3-2-4-6-11)15(20)16-13-9-12(10-13)14(18)19/h2-6,12-13H,7-10H2,1H3,(H,16,20)(H,18,19). The van der Waals surface area contributed by atoms with E-state index in [0.29, 0.717) is 19.4 Å². The number of nitrogens with zero attached hydrogens (tertiary/aromatic N) is 1. The van der Waals surface area contributed by atoms with Crippen molar-refractivity contribution in [3.05, 3.63) is 35.9 Å². The van der Waals surface area contributed by atoms with Gasteiger partial charge >= 0.3 is 12.0 Å². The molecule has 1 aromatic carbocycles. The summed E-state index contributed by atoms with van der Waals surface area (Å²) in [5, 5.41) is 11.6. The molecule has 1 aliphatic rings. The highest BCUT2D eigenvalue weighted by Crippen LogP contribution is 2.27. The molecule has 1 aromatic rings. The second kappa shape index (κ2) is 6.41. The quantitative estimate of drug-likeness (QED) is 0.860. The molecule has 20 heavy (non-hydrogen) atoms. The number of carbonyl (C=O) groups excluding carboxylic acids is 1. The highest BCUT2D eigenvalue weighted by molar-refractivity contribution is 5.76. The number of carboxylic acids is 1. The van der Waals surface area contributed by atoms with Gasteiger partial charge in [-0.3, -0.25) is 4.79 Å². The molecule has 0 bridgehead atoms. The molecule has 1 fully saturated rings. The van der Waals surface area contributed by atoms with Crippen LogP contribution in [0.15, 0.2) is 30.3 Å². The zero-order chi connectivity index (χ0) is 14.5. The Bertz CT molecular complexity index is 469. The maximum atomic E-state index is 11.9. The molecule has 0 atom stereocenters. The van der Waals surface area contributed by atoms with Crippen molar-refractivity contribution in [3.63, 3.8) is 0 Å². The second-order valence-electron chi connectivity index (χ2n) is 5.31. The number of nitrogens with one attached hydrogen (secondary N) is 1. The zero-order valence-corrected chi connectivity index (χ0v) is 11.6. The maximum absolute atomic E-state index is 11.9. The van der Waals surface area contributed by atoms with Crippen molar-refractivity contribution in [1.29, 1.82) is 0 Å². The lowest BCUT2D eigenvalue weighted by atomic mass is 9.80. The minimum atomic E-state index is -0.770. The van der Waals surface area contributed by atoms with Crippen LogP contribution in [0.2, 0.25) is 0 Å². The van der Waals surface area contributed by atoms with E-state index in [4.69, 9.17) is 5.11 Å². The van der Waals surface area contributed by atoms with Crippen molar-refractivity contribution < 1.29 is 14.7 Å². The van der Waals surface area contributed by atoms with E-state index in [1.807, 2.05) is 30.3 Å². The summed E-state index contributed by atoms with van der Waals surface area (Å²) in [6, 6.07) is 9.88. The molecule has 1 aliphatic carbocycles. The highest BCUT2D eigenvalue weighted by Gasteiger charge is 2.35. The Kier molecular flexibility index (Phi) is 4.61. The smallest absolute Gasteiger partial charge is 0.317 e. The largest absolute Gasteiger partial charge is 0.481 e. The topological polar surface area (TPSA) is 69.6 Å². The molecule has 108 valence electrons. The number of hydrogen-bond acceptors (Lipinski definition) is 2. The number of urea groups is 1. The van der Waals surface area contributed by atoms with Crippen LogP contribution in [0.3, 0.4) is 0 Å². The first-order valence-corrected chi connectivity index (χ1v) is 6.84. The molecule has 0 saturated heterocycles. The van der Waals surface area contributed by atoms with Crippen LogP contribution in [0.25, 0.3) is 0 Å². The molecule has 2 N–H and O–H groups in total. The van der Waals surface area contributed by atoms with Gasteiger partial charge in [0.1, 0.15) is 0 Å². The van der Waals surface area contributed by atoms with Crippen LogP contribution in [0.5, 0.6) is 0 Å². The summed E-state index contributed by atoms with van der Waals surface area (Å²) < 4.78 is 0. The second-order valence-corrected chi connectivity index (χ2v) is 5.31. The lowest BCUT2D eigenvalue weighted by Crippen LogP contribution is -2.50. The van der Waals surface area contributed by atoms with Gasteiger partial charge in [0.15, 0.2) is 0 Å². The number of rotatable bonds is 5. The van der Waals surface area contributed by atoms with Crippen molar-refractivity contribution in [2.45, 2.75) is 25.3 Å². The summed E-state index contributed by atoms with van der Waals surface area (Å²) >= 11 is 0. The zero-order valence-electron chi connectivity index (χ0n) is 11.6. The molecule has 0 radical (unpaired) electrons.